The third kappa shape index (κ3) is 2.07. The van der Waals surface area contributed by atoms with Crippen LogP contribution >= 0.6 is 0 Å². The van der Waals surface area contributed by atoms with Crippen molar-refractivity contribution < 1.29 is 9.47 Å². The van der Waals surface area contributed by atoms with E-state index in [0.717, 1.165) is 5.56 Å². The van der Waals surface area contributed by atoms with E-state index < -0.39 is 0 Å². The summed E-state index contributed by atoms with van der Waals surface area (Å²) in [5.41, 5.74) is 3.46. The summed E-state index contributed by atoms with van der Waals surface area (Å²) in [4.78, 5) is 8.22. The molecule has 2 rings (SSSR count). The SMILES string of the molecule is CC(C)c1c(NN)ncnc1OC1COC1. The highest BCUT2D eigenvalue weighted by Gasteiger charge is 2.24. The molecule has 1 aromatic heterocycles. The summed E-state index contributed by atoms with van der Waals surface area (Å²) in [7, 11) is 0. The van der Waals surface area contributed by atoms with Gasteiger partial charge in [-0.3, -0.25) is 0 Å². The zero-order chi connectivity index (χ0) is 11.5. The number of ether oxygens (including phenoxy) is 2. The van der Waals surface area contributed by atoms with Crippen molar-refractivity contribution in [1.82, 2.24) is 9.97 Å². The minimum Gasteiger partial charge on any atom is -0.469 e. The molecular formula is C10H16N4O2. The van der Waals surface area contributed by atoms with Gasteiger partial charge in [-0.05, 0) is 5.92 Å². The van der Waals surface area contributed by atoms with Gasteiger partial charge in [-0.1, -0.05) is 13.8 Å². The average molecular weight is 224 g/mol. The van der Waals surface area contributed by atoms with E-state index in [0.29, 0.717) is 24.9 Å². The molecule has 3 N–H and O–H groups in total. The van der Waals surface area contributed by atoms with E-state index in [1.54, 1.807) is 0 Å². The van der Waals surface area contributed by atoms with E-state index in [9.17, 15) is 0 Å². The summed E-state index contributed by atoms with van der Waals surface area (Å²) in [5, 5.41) is 0. The second-order valence-corrected chi connectivity index (χ2v) is 4.02. The molecule has 1 fully saturated rings. The molecular weight excluding hydrogens is 208 g/mol. The smallest absolute Gasteiger partial charge is 0.222 e. The summed E-state index contributed by atoms with van der Waals surface area (Å²) in [6.45, 7) is 5.33. The molecule has 2 heterocycles. The van der Waals surface area contributed by atoms with E-state index in [-0.39, 0.29) is 12.0 Å². The molecule has 0 atom stereocenters. The molecule has 1 aliphatic heterocycles. The Morgan fingerprint density at radius 2 is 2.25 bits per heavy atom. The number of nitrogens with one attached hydrogen (secondary N) is 1. The minimum absolute atomic E-state index is 0.0954. The van der Waals surface area contributed by atoms with Crippen LogP contribution in [0.4, 0.5) is 5.82 Å². The van der Waals surface area contributed by atoms with Crippen LogP contribution in [0.15, 0.2) is 6.33 Å². The van der Waals surface area contributed by atoms with Gasteiger partial charge in [0, 0.05) is 0 Å². The van der Waals surface area contributed by atoms with Crippen molar-refractivity contribution in [3.63, 3.8) is 0 Å². The van der Waals surface area contributed by atoms with Crippen molar-refractivity contribution in [2.24, 2.45) is 5.84 Å². The molecule has 0 spiro atoms. The fourth-order valence-electron chi connectivity index (χ4n) is 1.55. The van der Waals surface area contributed by atoms with Crippen molar-refractivity contribution >= 4 is 5.82 Å². The molecule has 6 nitrogen and oxygen atoms in total. The highest BCUT2D eigenvalue weighted by atomic mass is 16.6. The van der Waals surface area contributed by atoms with Crippen LogP contribution in [0.2, 0.25) is 0 Å². The zero-order valence-corrected chi connectivity index (χ0v) is 9.43. The molecule has 16 heavy (non-hydrogen) atoms. The molecule has 1 aromatic rings. The van der Waals surface area contributed by atoms with Crippen LogP contribution in [0.1, 0.15) is 25.3 Å². The molecule has 0 bridgehead atoms. The lowest BCUT2D eigenvalue weighted by molar-refractivity contribution is -0.0817. The van der Waals surface area contributed by atoms with Crippen molar-refractivity contribution in [1.29, 1.82) is 0 Å². The summed E-state index contributed by atoms with van der Waals surface area (Å²) in [6, 6.07) is 0. The predicted octanol–water partition coefficient (Wildman–Crippen LogP) is 0.663. The Hall–Kier alpha value is -1.40. The van der Waals surface area contributed by atoms with Gasteiger partial charge in [0.1, 0.15) is 12.4 Å². The molecule has 0 unspecified atom stereocenters. The Morgan fingerprint density at radius 3 is 2.75 bits per heavy atom. The maximum atomic E-state index is 5.71. The van der Waals surface area contributed by atoms with Gasteiger partial charge in [0.15, 0.2) is 5.82 Å². The lowest BCUT2D eigenvalue weighted by atomic mass is 10.1. The lowest BCUT2D eigenvalue weighted by Gasteiger charge is -2.27. The number of nitrogen functional groups attached to an aromatic ring is 1. The minimum atomic E-state index is 0.0954. The number of rotatable bonds is 4. The van der Waals surface area contributed by atoms with Crippen LogP contribution in [0.3, 0.4) is 0 Å². The van der Waals surface area contributed by atoms with Gasteiger partial charge in [0.2, 0.25) is 5.88 Å². The molecule has 1 saturated heterocycles. The van der Waals surface area contributed by atoms with Crippen molar-refractivity contribution in [2.75, 3.05) is 18.6 Å². The number of hydrazine groups is 1. The van der Waals surface area contributed by atoms with Gasteiger partial charge in [0.25, 0.3) is 0 Å². The second-order valence-electron chi connectivity index (χ2n) is 4.02. The van der Waals surface area contributed by atoms with Gasteiger partial charge < -0.3 is 14.9 Å². The third-order valence-electron chi connectivity index (χ3n) is 2.45. The van der Waals surface area contributed by atoms with Gasteiger partial charge in [-0.2, -0.15) is 0 Å². The van der Waals surface area contributed by atoms with Crippen LogP contribution in [0.5, 0.6) is 5.88 Å². The van der Waals surface area contributed by atoms with Crippen LogP contribution in [0, 0.1) is 0 Å². The Balaban J connectivity index is 2.26. The number of nitrogens with two attached hydrogens (primary N) is 1. The Kier molecular flexibility index (Phi) is 3.21. The number of aromatic nitrogens is 2. The topological polar surface area (TPSA) is 82.3 Å². The predicted molar refractivity (Wildman–Crippen MR) is 59.2 cm³/mol. The molecule has 0 aromatic carbocycles. The van der Waals surface area contributed by atoms with Gasteiger partial charge >= 0.3 is 0 Å². The first kappa shape index (κ1) is 11.1. The molecule has 6 heteroatoms. The summed E-state index contributed by atoms with van der Waals surface area (Å²) < 4.78 is 10.8. The average Bonchev–Trinajstić information content (AvgIpc) is 2.22. The number of nitrogens with zero attached hydrogens (tertiary/aromatic N) is 2. The number of anilines is 1. The fourth-order valence-corrected chi connectivity index (χ4v) is 1.55. The Labute approximate surface area is 94.1 Å². The van der Waals surface area contributed by atoms with Crippen LogP contribution in [0.25, 0.3) is 0 Å². The summed E-state index contributed by atoms with van der Waals surface area (Å²) in [5.74, 6) is 6.85. The van der Waals surface area contributed by atoms with Crippen molar-refractivity contribution in [2.45, 2.75) is 25.9 Å². The molecule has 0 radical (unpaired) electrons. The molecule has 1 aliphatic rings. The first-order valence-corrected chi connectivity index (χ1v) is 5.28. The van der Waals surface area contributed by atoms with Gasteiger partial charge in [-0.25, -0.2) is 15.8 Å². The van der Waals surface area contributed by atoms with E-state index >= 15 is 0 Å². The Bertz CT molecular complexity index is 366. The fraction of sp³-hybridized carbons (Fsp3) is 0.600. The van der Waals surface area contributed by atoms with E-state index in [1.807, 2.05) is 13.8 Å². The number of hydrogen-bond donors (Lipinski definition) is 2. The normalized spacial score (nSPS) is 16.0. The summed E-state index contributed by atoms with van der Waals surface area (Å²) >= 11 is 0. The molecule has 0 aliphatic carbocycles. The highest BCUT2D eigenvalue weighted by molar-refractivity contribution is 5.49. The monoisotopic (exact) mass is 224 g/mol. The lowest BCUT2D eigenvalue weighted by Crippen LogP contribution is -2.39. The summed E-state index contributed by atoms with van der Waals surface area (Å²) in [6.07, 6.45) is 1.54. The van der Waals surface area contributed by atoms with Crippen molar-refractivity contribution in [3.05, 3.63) is 11.9 Å². The van der Waals surface area contributed by atoms with Crippen LogP contribution < -0.4 is 16.0 Å². The van der Waals surface area contributed by atoms with E-state index in [1.165, 1.54) is 6.33 Å². The van der Waals surface area contributed by atoms with E-state index in [2.05, 4.69) is 15.4 Å². The first-order valence-electron chi connectivity index (χ1n) is 5.28. The van der Waals surface area contributed by atoms with Gasteiger partial charge in [-0.15, -0.1) is 0 Å². The second kappa shape index (κ2) is 4.63. The molecule has 88 valence electrons. The van der Waals surface area contributed by atoms with Crippen LogP contribution in [-0.2, 0) is 4.74 Å². The maximum absolute atomic E-state index is 5.71. The maximum Gasteiger partial charge on any atom is 0.222 e. The van der Waals surface area contributed by atoms with Gasteiger partial charge in [0.05, 0.1) is 18.8 Å². The molecule has 0 amide bonds. The Morgan fingerprint density at radius 1 is 1.50 bits per heavy atom. The standard InChI is InChI=1S/C10H16N4O2/c1-6(2)8-9(14-11)12-5-13-10(8)16-7-3-15-4-7/h5-7H,3-4,11H2,1-2H3,(H,12,13,14). The van der Waals surface area contributed by atoms with E-state index in [4.69, 9.17) is 15.3 Å². The zero-order valence-electron chi connectivity index (χ0n) is 9.43. The largest absolute Gasteiger partial charge is 0.469 e. The first-order chi connectivity index (χ1) is 7.72. The third-order valence-corrected chi connectivity index (χ3v) is 2.45. The van der Waals surface area contributed by atoms with Crippen molar-refractivity contribution in [3.8, 4) is 5.88 Å². The highest BCUT2D eigenvalue weighted by Crippen LogP contribution is 2.30. The molecule has 0 saturated carbocycles. The quantitative estimate of drug-likeness (QED) is 0.577. The number of hydrogen-bond acceptors (Lipinski definition) is 6. The van der Waals surface area contributed by atoms with Crippen LogP contribution in [-0.4, -0.2) is 29.3 Å².